The van der Waals surface area contributed by atoms with E-state index in [4.69, 9.17) is 0 Å². The van der Waals surface area contributed by atoms with Gasteiger partial charge in [0.05, 0.1) is 17.4 Å². The maximum absolute atomic E-state index is 12.7. The number of piperidine rings is 1. The number of nitrogens with zero attached hydrogens (tertiary/aromatic N) is 2. The number of carbonyl (C=O) groups is 1. The van der Waals surface area contributed by atoms with Gasteiger partial charge in [-0.15, -0.1) is 0 Å². The molecule has 1 aliphatic heterocycles. The lowest BCUT2D eigenvalue weighted by molar-refractivity contribution is 0.0704. The molecule has 1 aliphatic carbocycles. The van der Waals surface area contributed by atoms with Gasteiger partial charge in [-0.05, 0) is 37.7 Å². The summed E-state index contributed by atoms with van der Waals surface area (Å²) in [6.07, 6.45) is 8.19. The van der Waals surface area contributed by atoms with Crippen molar-refractivity contribution in [2.24, 2.45) is 5.92 Å². The van der Waals surface area contributed by atoms with Crippen molar-refractivity contribution >= 4 is 11.6 Å². The fourth-order valence-corrected chi connectivity index (χ4v) is 3.31. The number of aromatic nitrogens is 1. The zero-order valence-electron chi connectivity index (χ0n) is 11.4. The van der Waals surface area contributed by atoms with Crippen LogP contribution in [-0.4, -0.2) is 34.9 Å². The molecule has 0 spiro atoms. The Morgan fingerprint density at radius 3 is 3.11 bits per heavy atom. The van der Waals surface area contributed by atoms with Gasteiger partial charge in [-0.3, -0.25) is 9.78 Å². The van der Waals surface area contributed by atoms with Crippen molar-refractivity contribution in [2.75, 3.05) is 18.4 Å². The molecule has 1 N–H and O–H groups in total. The van der Waals surface area contributed by atoms with E-state index in [-0.39, 0.29) is 5.91 Å². The number of likely N-dealkylation sites (tertiary alicyclic amines) is 1. The molecule has 0 radical (unpaired) electrons. The molecule has 2 bridgehead atoms. The van der Waals surface area contributed by atoms with Gasteiger partial charge >= 0.3 is 0 Å². The number of rotatable bonds is 4. The number of nitrogens with one attached hydrogen (secondary N) is 1. The first-order valence-electron chi connectivity index (χ1n) is 7.28. The fraction of sp³-hybridized carbons (Fsp3) is 0.600. The van der Waals surface area contributed by atoms with Crippen molar-refractivity contribution < 1.29 is 4.79 Å². The maximum Gasteiger partial charge on any atom is 0.256 e. The Kier molecular flexibility index (Phi) is 3.40. The zero-order valence-corrected chi connectivity index (χ0v) is 11.4. The lowest BCUT2D eigenvalue weighted by Gasteiger charge is -2.27. The summed E-state index contributed by atoms with van der Waals surface area (Å²) < 4.78 is 0. The normalized spacial score (nSPS) is 24.8. The number of hydrogen-bond donors (Lipinski definition) is 1. The molecule has 2 atom stereocenters. The molecule has 4 nitrogen and oxygen atoms in total. The van der Waals surface area contributed by atoms with Crippen LogP contribution in [0.1, 0.15) is 43.0 Å². The Hall–Kier alpha value is -1.58. The van der Waals surface area contributed by atoms with E-state index in [9.17, 15) is 4.79 Å². The summed E-state index contributed by atoms with van der Waals surface area (Å²) in [7, 11) is 0. The first-order valence-corrected chi connectivity index (χ1v) is 7.28. The largest absolute Gasteiger partial charge is 0.383 e. The van der Waals surface area contributed by atoms with E-state index < -0.39 is 0 Å². The molecule has 1 aromatic rings. The Morgan fingerprint density at radius 1 is 1.53 bits per heavy atom. The molecular formula is C15H21N3O. The van der Waals surface area contributed by atoms with Gasteiger partial charge in [-0.2, -0.15) is 0 Å². The van der Waals surface area contributed by atoms with E-state index in [0.29, 0.717) is 6.04 Å². The predicted molar refractivity (Wildman–Crippen MR) is 75.2 cm³/mol. The molecule has 2 heterocycles. The number of hydrogen-bond acceptors (Lipinski definition) is 3. The maximum atomic E-state index is 12.7. The van der Waals surface area contributed by atoms with Crippen LogP contribution in [-0.2, 0) is 0 Å². The van der Waals surface area contributed by atoms with Crippen molar-refractivity contribution in [3.05, 3.63) is 24.0 Å². The summed E-state index contributed by atoms with van der Waals surface area (Å²) in [6, 6.07) is 2.32. The zero-order chi connectivity index (χ0) is 13.2. The molecule has 2 aliphatic rings. The van der Waals surface area contributed by atoms with Crippen molar-refractivity contribution in [1.82, 2.24) is 9.88 Å². The molecule has 1 aromatic heterocycles. The number of pyridine rings is 1. The standard InChI is InChI=1S/C15H21N3O/c1-2-6-17-14-9-16-7-5-13(14)15(19)18-10-11-3-4-12(18)8-11/h5,7,9,11-12,17H,2-4,6,8,10H2,1H3. The van der Waals surface area contributed by atoms with Gasteiger partial charge in [0, 0.05) is 25.3 Å². The number of carbonyl (C=O) groups excluding carboxylic acids is 1. The van der Waals surface area contributed by atoms with Crippen LogP contribution in [0.5, 0.6) is 0 Å². The first-order chi connectivity index (χ1) is 9.29. The van der Waals surface area contributed by atoms with Crippen LogP contribution in [0, 0.1) is 5.92 Å². The van der Waals surface area contributed by atoms with Crippen molar-refractivity contribution in [3.8, 4) is 0 Å². The second-order valence-electron chi connectivity index (χ2n) is 5.64. The average Bonchev–Trinajstić information content (AvgIpc) is 3.07. The van der Waals surface area contributed by atoms with Crippen molar-refractivity contribution in [1.29, 1.82) is 0 Å². The lowest BCUT2D eigenvalue weighted by Crippen LogP contribution is -2.38. The molecule has 4 heteroatoms. The van der Waals surface area contributed by atoms with Gasteiger partial charge in [0.15, 0.2) is 0 Å². The van der Waals surface area contributed by atoms with Crippen LogP contribution in [0.15, 0.2) is 18.5 Å². The first kappa shape index (κ1) is 12.5. The second-order valence-corrected chi connectivity index (χ2v) is 5.64. The van der Waals surface area contributed by atoms with Crippen LogP contribution in [0.4, 0.5) is 5.69 Å². The highest BCUT2D eigenvalue weighted by Crippen LogP contribution is 2.38. The topological polar surface area (TPSA) is 45.2 Å². The van der Waals surface area contributed by atoms with E-state index in [2.05, 4.69) is 22.1 Å². The van der Waals surface area contributed by atoms with Gasteiger partial charge < -0.3 is 10.2 Å². The monoisotopic (exact) mass is 259 g/mol. The molecule has 1 saturated carbocycles. The summed E-state index contributed by atoms with van der Waals surface area (Å²) in [4.78, 5) is 18.9. The van der Waals surface area contributed by atoms with Gasteiger partial charge in [0.2, 0.25) is 0 Å². The van der Waals surface area contributed by atoms with Gasteiger partial charge in [0.25, 0.3) is 5.91 Å². The smallest absolute Gasteiger partial charge is 0.256 e. The summed E-state index contributed by atoms with van der Waals surface area (Å²) >= 11 is 0. The molecule has 19 heavy (non-hydrogen) atoms. The highest BCUT2D eigenvalue weighted by Gasteiger charge is 2.40. The molecule has 1 amide bonds. The number of amides is 1. The molecule has 1 saturated heterocycles. The van der Waals surface area contributed by atoms with Crippen LogP contribution in [0.2, 0.25) is 0 Å². The van der Waals surface area contributed by atoms with E-state index in [0.717, 1.165) is 36.7 Å². The summed E-state index contributed by atoms with van der Waals surface area (Å²) in [5.41, 5.74) is 1.65. The van der Waals surface area contributed by atoms with Crippen LogP contribution in [0.3, 0.4) is 0 Å². The molecule has 2 unspecified atom stereocenters. The van der Waals surface area contributed by atoms with E-state index >= 15 is 0 Å². The van der Waals surface area contributed by atoms with Crippen molar-refractivity contribution in [3.63, 3.8) is 0 Å². The number of fused-ring (bicyclic) bond motifs is 2. The van der Waals surface area contributed by atoms with Crippen LogP contribution >= 0.6 is 0 Å². The third-order valence-electron chi connectivity index (χ3n) is 4.29. The summed E-state index contributed by atoms with van der Waals surface area (Å²) in [5.74, 6) is 0.913. The summed E-state index contributed by atoms with van der Waals surface area (Å²) in [5, 5.41) is 3.30. The van der Waals surface area contributed by atoms with Gasteiger partial charge in [0.1, 0.15) is 0 Å². The Balaban J connectivity index is 1.79. The minimum Gasteiger partial charge on any atom is -0.383 e. The second kappa shape index (κ2) is 5.19. The third kappa shape index (κ3) is 2.31. The number of anilines is 1. The highest BCUT2D eigenvalue weighted by molar-refractivity contribution is 5.99. The van der Waals surface area contributed by atoms with Crippen molar-refractivity contribution in [2.45, 2.75) is 38.6 Å². The average molecular weight is 259 g/mol. The van der Waals surface area contributed by atoms with Crippen LogP contribution in [0.25, 0.3) is 0 Å². The SMILES string of the molecule is CCCNc1cnccc1C(=O)N1CC2CCC1C2. The minimum absolute atomic E-state index is 0.174. The van der Waals surface area contributed by atoms with E-state index in [1.54, 1.807) is 12.4 Å². The summed E-state index contributed by atoms with van der Waals surface area (Å²) in [6.45, 7) is 3.93. The molecule has 102 valence electrons. The van der Waals surface area contributed by atoms with E-state index in [1.165, 1.54) is 19.3 Å². The Morgan fingerprint density at radius 2 is 2.42 bits per heavy atom. The third-order valence-corrected chi connectivity index (χ3v) is 4.29. The Labute approximate surface area is 114 Å². The highest BCUT2D eigenvalue weighted by atomic mass is 16.2. The Bertz CT molecular complexity index is 474. The fourth-order valence-electron chi connectivity index (χ4n) is 3.31. The molecular weight excluding hydrogens is 238 g/mol. The van der Waals surface area contributed by atoms with E-state index in [1.807, 2.05) is 6.07 Å². The minimum atomic E-state index is 0.174. The molecule has 3 rings (SSSR count). The quantitative estimate of drug-likeness (QED) is 0.903. The van der Waals surface area contributed by atoms with Gasteiger partial charge in [-0.1, -0.05) is 6.92 Å². The van der Waals surface area contributed by atoms with Gasteiger partial charge in [-0.25, -0.2) is 0 Å². The predicted octanol–water partition coefficient (Wildman–Crippen LogP) is 2.53. The van der Waals surface area contributed by atoms with Crippen LogP contribution < -0.4 is 5.32 Å². The molecule has 0 aromatic carbocycles. The lowest BCUT2D eigenvalue weighted by atomic mass is 10.1. The molecule has 2 fully saturated rings.